The van der Waals surface area contributed by atoms with Crippen LogP contribution >= 0.6 is 0 Å². The molecule has 0 spiro atoms. The van der Waals surface area contributed by atoms with Crippen molar-refractivity contribution in [2.45, 2.75) is 26.9 Å². The van der Waals surface area contributed by atoms with E-state index in [1.54, 1.807) is 24.0 Å². The number of aliphatic hydroxyl groups is 1. The molecule has 0 aliphatic rings. The van der Waals surface area contributed by atoms with E-state index in [0.717, 1.165) is 28.1 Å². The standard InChI is InChI=1S/C24H21N9O/c1-14-4-8-22(30-29-14)27-17-5-7-20-21(11-17)32(13-26-20)23-9-6-19(16(3)34)24(28-23)33-15(2)10-18(12-25)31-33/h4-11,13,16,34H,1-3H3,(H,27,30). The summed E-state index contributed by atoms with van der Waals surface area (Å²) in [5, 5.41) is 35.4. The summed E-state index contributed by atoms with van der Waals surface area (Å²) in [6, 6.07) is 16.9. The highest BCUT2D eigenvalue weighted by atomic mass is 16.3. The molecule has 0 fully saturated rings. The molecule has 1 unspecified atom stereocenters. The van der Waals surface area contributed by atoms with Gasteiger partial charge >= 0.3 is 0 Å². The molecule has 168 valence electrons. The van der Waals surface area contributed by atoms with Gasteiger partial charge in [-0.25, -0.2) is 14.6 Å². The smallest absolute Gasteiger partial charge is 0.163 e. The van der Waals surface area contributed by atoms with E-state index in [0.29, 0.717) is 23.0 Å². The molecule has 0 aliphatic heterocycles. The van der Waals surface area contributed by atoms with Gasteiger partial charge in [0.25, 0.3) is 0 Å². The van der Waals surface area contributed by atoms with Gasteiger partial charge in [-0.15, -0.1) is 5.10 Å². The number of benzene rings is 1. The number of nitriles is 1. The molecule has 10 heteroatoms. The Morgan fingerprint density at radius 1 is 1.06 bits per heavy atom. The molecule has 34 heavy (non-hydrogen) atoms. The SMILES string of the molecule is Cc1ccc(Nc2ccc3ncn(-c4ccc(C(C)O)c(-n5nc(C#N)cc5C)n4)c3c2)nn1. The van der Waals surface area contributed by atoms with Crippen LogP contribution in [0, 0.1) is 25.2 Å². The maximum Gasteiger partial charge on any atom is 0.163 e. The molecule has 5 aromatic rings. The van der Waals surface area contributed by atoms with E-state index in [1.807, 2.05) is 66.9 Å². The predicted octanol–water partition coefficient (Wildman–Crippen LogP) is 3.68. The third kappa shape index (κ3) is 3.85. The van der Waals surface area contributed by atoms with E-state index in [9.17, 15) is 10.4 Å². The third-order valence-electron chi connectivity index (χ3n) is 5.41. The lowest BCUT2D eigenvalue weighted by Gasteiger charge is -2.15. The third-order valence-corrected chi connectivity index (χ3v) is 5.41. The van der Waals surface area contributed by atoms with Gasteiger partial charge in [0, 0.05) is 16.9 Å². The number of aromatic nitrogens is 7. The van der Waals surface area contributed by atoms with Crippen LogP contribution in [0.3, 0.4) is 0 Å². The summed E-state index contributed by atoms with van der Waals surface area (Å²) in [5.74, 6) is 1.69. The highest BCUT2D eigenvalue weighted by Crippen LogP contribution is 2.26. The van der Waals surface area contributed by atoms with Crippen molar-refractivity contribution in [2.24, 2.45) is 0 Å². The molecular weight excluding hydrogens is 430 g/mol. The Bertz CT molecular complexity index is 1540. The van der Waals surface area contributed by atoms with Gasteiger partial charge in [0.1, 0.15) is 18.2 Å². The molecule has 1 aromatic carbocycles. The number of hydrogen-bond donors (Lipinski definition) is 2. The lowest BCUT2D eigenvalue weighted by atomic mass is 10.1. The number of aryl methyl sites for hydroxylation is 2. The van der Waals surface area contributed by atoms with E-state index in [1.165, 1.54) is 0 Å². The minimum absolute atomic E-state index is 0.282. The maximum absolute atomic E-state index is 10.3. The Hall–Kier alpha value is -4.62. The van der Waals surface area contributed by atoms with Crippen molar-refractivity contribution in [1.82, 2.24) is 34.5 Å². The van der Waals surface area contributed by atoms with Crippen LogP contribution in [-0.4, -0.2) is 39.6 Å². The number of imidazole rings is 1. The minimum Gasteiger partial charge on any atom is -0.389 e. The summed E-state index contributed by atoms with van der Waals surface area (Å²) in [5.41, 5.74) is 4.93. The molecule has 0 amide bonds. The van der Waals surface area contributed by atoms with Gasteiger partial charge in [-0.3, -0.25) is 4.57 Å². The predicted molar refractivity (Wildman–Crippen MR) is 126 cm³/mol. The molecule has 0 bridgehead atoms. The number of anilines is 2. The molecule has 1 atom stereocenters. The van der Waals surface area contributed by atoms with E-state index in [-0.39, 0.29) is 5.69 Å². The number of pyridine rings is 1. The van der Waals surface area contributed by atoms with E-state index < -0.39 is 6.10 Å². The lowest BCUT2D eigenvalue weighted by Crippen LogP contribution is -2.10. The van der Waals surface area contributed by atoms with Crippen molar-refractivity contribution in [3.63, 3.8) is 0 Å². The van der Waals surface area contributed by atoms with Crippen molar-refractivity contribution >= 4 is 22.5 Å². The fourth-order valence-electron chi connectivity index (χ4n) is 3.70. The topological polar surface area (TPSA) is 130 Å². The van der Waals surface area contributed by atoms with Crippen molar-refractivity contribution in [3.8, 4) is 17.7 Å². The van der Waals surface area contributed by atoms with Crippen molar-refractivity contribution in [1.29, 1.82) is 5.26 Å². The monoisotopic (exact) mass is 451 g/mol. The largest absolute Gasteiger partial charge is 0.389 e. The maximum atomic E-state index is 10.3. The van der Waals surface area contributed by atoms with Crippen molar-refractivity contribution in [2.75, 3.05) is 5.32 Å². The zero-order chi connectivity index (χ0) is 23.8. The van der Waals surface area contributed by atoms with Crippen LogP contribution in [0.25, 0.3) is 22.7 Å². The van der Waals surface area contributed by atoms with Crippen LogP contribution < -0.4 is 5.32 Å². The summed E-state index contributed by atoms with van der Waals surface area (Å²) in [6.07, 6.45) is 0.932. The number of nitrogens with zero attached hydrogens (tertiary/aromatic N) is 8. The number of aliphatic hydroxyl groups excluding tert-OH is 1. The molecule has 2 N–H and O–H groups in total. The normalized spacial score (nSPS) is 12.0. The molecule has 0 saturated carbocycles. The molecule has 5 rings (SSSR count). The zero-order valence-electron chi connectivity index (χ0n) is 18.8. The molecule has 4 aromatic heterocycles. The van der Waals surface area contributed by atoms with Crippen molar-refractivity contribution < 1.29 is 5.11 Å². The second-order valence-corrected chi connectivity index (χ2v) is 7.96. The van der Waals surface area contributed by atoms with Gasteiger partial charge < -0.3 is 10.4 Å². The molecule has 0 aliphatic carbocycles. The van der Waals surface area contributed by atoms with Crippen LogP contribution in [0.2, 0.25) is 0 Å². The summed E-state index contributed by atoms with van der Waals surface area (Å²) in [4.78, 5) is 9.30. The van der Waals surface area contributed by atoms with Gasteiger partial charge in [0.15, 0.2) is 17.3 Å². The first-order chi connectivity index (χ1) is 16.4. The first kappa shape index (κ1) is 21.2. The van der Waals surface area contributed by atoms with Crippen LogP contribution in [0.15, 0.2) is 54.9 Å². The second kappa shape index (κ2) is 8.38. The fourth-order valence-corrected chi connectivity index (χ4v) is 3.70. The Morgan fingerprint density at radius 3 is 2.62 bits per heavy atom. The number of rotatable bonds is 5. The molecule has 10 nitrogen and oxygen atoms in total. The first-order valence-corrected chi connectivity index (χ1v) is 10.6. The summed E-state index contributed by atoms with van der Waals surface area (Å²) in [6.45, 7) is 5.40. The Kier molecular flexibility index (Phi) is 5.24. The first-order valence-electron chi connectivity index (χ1n) is 10.6. The summed E-state index contributed by atoms with van der Waals surface area (Å²) >= 11 is 0. The highest BCUT2D eigenvalue weighted by molar-refractivity contribution is 5.82. The average Bonchev–Trinajstić information content (AvgIpc) is 3.43. The summed E-state index contributed by atoms with van der Waals surface area (Å²) in [7, 11) is 0. The molecule has 0 radical (unpaired) electrons. The molecular formula is C24H21N9O. The fraction of sp³-hybridized carbons (Fsp3) is 0.167. The summed E-state index contributed by atoms with van der Waals surface area (Å²) < 4.78 is 3.44. The quantitative estimate of drug-likeness (QED) is 0.414. The van der Waals surface area contributed by atoms with Crippen LogP contribution in [-0.2, 0) is 0 Å². The van der Waals surface area contributed by atoms with Crippen LogP contribution in [0.1, 0.15) is 35.7 Å². The van der Waals surface area contributed by atoms with Gasteiger partial charge in [0.05, 0.1) is 22.8 Å². The lowest BCUT2D eigenvalue weighted by molar-refractivity contribution is 0.198. The molecule has 0 saturated heterocycles. The van der Waals surface area contributed by atoms with Gasteiger partial charge in [0.2, 0.25) is 0 Å². The number of hydrogen-bond acceptors (Lipinski definition) is 8. The Balaban J connectivity index is 1.59. The van der Waals surface area contributed by atoms with Gasteiger partial charge in [-0.05, 0) is 69.3 Å². The highest BCUT2D eigenvalue weighted by Gasteiger charge is 2.17. The Labute approximate surface area is 195 Å². The minimum atomic E-state index is -0.767. The van der Waals surface area contributed by atoms with E-state index >= 15 is 0 Å². The molecule has 4 heterocycles. The number of fused-ring (bicyclic) bond motifs is 1. The van der Waals surface area contributed by atoms with Gasteiger partial charge in [-0.2, -0.15) is 15.5 Å². The Morgan fingerprint density at radius 2 is 1.91 bits per heavy atom. The van der Waals surface area contributed by atoms with Gasteiger partial charge in [-0.1, -0.05) is 0 Å². The van der Waals surface area contributed by atoms with E-state index in [2.05, 4.69) is 25.6 Å². The zero-order valence-corrected chi connectivity index (χ0v) is 18.8. The number of nitrogens with one attached hydrogen (secondary N) is 1. The van der Waals surface area contributed by atoms with Crippen LogP contribution in [0.5, 0.6) is 0 Å². The van der Waals surface area contributed by atoms with Crippen LogP contribution in [0.4, 0.5) is 11.5 Å². The van der Waals surface area contributed by atoms with Crippen molar-refractivity contribution in [3.05, 3.63) is 77.5 Å². The average molecular weight is 451 g/mol. The van der Waals surface area contributed by atoms with E-state index in [4.69, 9.17) is 4.98 Å². The second-order valence-electron chi connectivity index (χ2n) is 7.96.